The quantitative estimate of drug-likeness (QED) is 0.449. The molecule has 2 nitrogen and oxygen atoms in total. The van der Waals surface area contributed by atoms with E-state index in [1.165, 1.54) is 38.5 Å². The minimum atomic E-state index is -0.568. The lowest BCUT2D eigenvalue weighted by molar-refractivity contribution is -0.137. The van der Waals surface area contributed by atoms with Crippen molar-refractivity contribution in [2.75, 3.05) is 0 Å². The molecule has 0 unspecified atom stereocenters. The molecule has 0 aromatic rings. The number of hydrogen-bond acceptors (Lipinski definition) is 2. The largest absolute Gasteiger partial charge is 0.525 e. The van der Waals surface area contributed by atoms with Gasteiger partial charge in [0.25, 0.3) is 5.97 Å². The molecule has 0 N–H and O–H groups in total. The van der Waals surface area contributed by atoms with Crippen LogP contribution in [-0.4, -0.2) is 15.7 Å². The van der Waals surface area contributed by atoms with E-state index in [-0.39, 0.29) is 11.9 Å². The molecule has 15 heavy (non-hydrogen) atoms. The molecular weight excluding hydrogens is 204 g/mol. The van der Waals surface area contributed by atoms with Crippen LogP contribution in [0.5, 0.6) is 0 Å². The first-order valence-corrected chi connectivity index (χ1v) is 7.92. The van der Waals surface area contributed by atoms with Crippen molar-refractivity contribution in [3.8, 4) is 0 Å². The lowest BCUT2D eigenvalue weighted by atomic mass is 10.1. The highest BCUT2D eigenvalue weighted by Gasteiger charge is 2.06. The van der Waals surface area contributed by atoms with Gasteiger partial charge in [-0.05, 0) is 6.04 Å². The van der Waals surface area contributed by atoms with Crippen LogP contribution in [0.3, 0.4) is 0 Å². The fourth-order valence-corrected chi connectivity index (χ4v) is 2.64. The molecule has 0 saturated heterocycles. The Morgan fingerprint density at radius 1 is 1.13 bits per heavy atom. The van der Waals surface area contributed by atoms with Crippen molar-refractivity contribution in [2.24, 2.45) is 5.92 Å². The van der Waals surface area contributed by atoms with Crippen molar-refractivity contribution in [1.29, 1.82) is 0 Å². The minimum absolute atomic E-state index is 0.00681. The van der Waals surface area contributed by atoms with Crippen LogP contribution in [0.4, 0.5) is 0 Å². The molecule has 0 heterocycles. The van der Waals surface area contributed by atoms with E-state index in [1.54, 1.807) is 0 Å². The summed E-state index contributed by atoms with van der Waals surface area (Å²) in [5, 5.41) is 0. The molecule has 3 heteroatoms. The molecule has 0 rings (SSSR count). The van der Waals surface area contributed by atoms with E-state index in [0.29, 0.717) is 0 Å². The lowest BCUT2D eigenvalue weighted by Gasteiger charge is -2.06. The third-order valence-electron chi connectivity index (χ3n) is 2.46. The molecule has 0 aliphatic heterocycles. The third kappa shape index (κ3) is 9.98. The Labute approximate surface area is 96.7 Å². The molecule has 0 bridgehead atoms. The molecule has 90 valence electrons. The van der Waals surface area contributed by atoms with E-state index in [9.17, 15) is 4.79 Å². The van der Waals surface area contributed by atoms with E-state index < -0.39 is 9.76 Å². The Kier molecular flexibility index (Phi) is 10.00. The maximum atomic E-state index is 11.1. The maximum Gasteiger partial charge on any atom is 0.294 e. The van der Waals surface area contributed by atoms with Gasteiger partial charge in [-0.1, -0.05) is 59.3 Å². The molecular formula is C12H26O2Si. The highest BCUT2D eigenvalue weighted by Crippen LogP contribution is 2.07. The van der Waals surface area contributed by atoms with Gasteiger partial charge in [0.05, 0.1) is 0 Å². The van der Waals surface area contributed by atoms with Crippen LogP contribution >= 0.6 is 0 Å². The number of unbranched alkanes of at least 4 members (excludes halogenated alkanes) is 5. The van der Waals surface area contributed by atoms with Crippen molar-refractivity contribution in [3.63, 3.8) is 0 Å². The Morgan fingerprint density at radius 2 is 1.73 bits per heavy atom. The van der Waals surface area contributed by atoms with Gasteiger partial charge in [-0.15, -0.1) is 0 Å². The fraction of sp³-hybridized carbons (Fsp3) is 0.917. The molecule has 0 fully saturated rings. The number of carbonyl (C=O) groups excluding carboxylic acids is 1. The zero-order valence-corrected chi connectivity index (χ0v) is 12.0. The minimum Gasteiger partial charge on any atom is -0.525 e. The molecule has 0 aliphatic rings. The van der Waals surface area contributed by atoms with Gasteiger partial charge < -0.3 is 4.43 Å². The predicted molar refractivity (Wildman–Crippen MR) is 67.7 cm³/mol. The van der Waals surface area contributed by atoms with E-state index in [2.05, 4.69) is 6.92 Å². The summed E-state index contributed by atoms with van der Waals surface area (Å²) in [7, 11) is -0.568. The fourth-order valence-electron chi connectivity index (χ4n) is 1.40. The Morgan fingerprint density at radius 3 is 2.33 bits per heavy atom. The van der Waals surface area contributed by atoms with Crippen LogP contribution in [0.25, 0.3) is 0 Å². The average molecular weight is 230 g/mol. The zero-order valence-electron chi connectivity index (χ0n) is 10.6. The number of rotatable bonds is 9. The first-order chi connectivity index (χ1) is 7.18. The first-order valence-electron chi connectivity index (χ1n) is 6.35. The van der Waals surface area contributed by atoms with E-state index in [1.807, 2.05) is 13.8 Å². The summed E-state index contributed by atoms with van der Waals surface area (Å²) >= 11 is 0. The Bertz CT molecular complexity index is 158. The highest BCUT2D eigenvalue weighted by atomic mass is 28.2. The van der Waals surface area contributed by atoms with Crippen LogP contribution in [-0.2, 0) is 9.22 Å². The standard InChI is InChI=1S/C12H26O2Si/c1-4-5-6-7-8-9-10-15-14-12(13)11(2)3/h11H,4-10,15H2,1-3H3. The molecule has 0 atom stereocenters. The number of hydrogen-bond donors (Lipinski definition) is 0. The summed E-state index contributed by atoms with van der Waals surface area (Å²) in [6, 6.07) is 1.16. The summed E-state index contributed by atoms with van der Waals surface area (Å²) in [4.78, 5) is 11.1. The third-order valence-corrected chi connectivity index (χ3v) is 3.74. The normalized spacial score (nSPS) is 11.5. The topological polar surface area (TPSA) is 26.3 Å². The monoisotopic (exact) mass is 230 g/mol. The van der Waals surface area contributed by atoms with Gasteiger partial charge in [0.2, 0.25) is 9.76 Å². The van der Waals surface area contributed by atoms with E-state index in [0.717, 1.165) is 6.04 Å². The van der Waals surface area contributed by atoms with Gasteiger partial charge in [-0.3, -0.25) is 4.79 Å². The van der Waals surface area contributed by atoms with Crippen LogP contribution in [0.2, 0.25) is 6.04 Å². The molecule has 0 radical (unpaired) electrons. The molecule has 0 spiro atoms. The summed E-state index contributed by atoms with van der Waals surface area (Å²) in [6.07, 6.45) is 7.94. The SMILES string of the molecule is CCCCCCCC[SiH2]OC(=O)C(C)C. The van der Waals surface area contributed by atoms with Gasteiger partial charge in [0.1, 0.15) is 0 Å². The highest BCUT2D eigenvalue weighted by molar-refractivity contribution is 6.30. The summed E-state index contributed by atoms with van der Waals surface area (Å²) in [5.41, 5.74) is 0. The first kappa shape index (κ1) is 14.7. The number of carbonyl (C=O) groups is 1. The van der Waals surface area contributed by atoms with Crippen molar-refractivity contribution in [3.05, 3.63) is 0 Å². The lowest BCUT2D eigenvalue weighted by Crippen LogP contribution is -2.14. The van der Waals surface area contributed by atoms with Gasteiger partial charge >= 0.3 is 0 Å². The molecule has 0 aliphatic carbocycles. The predicted octanol–water partition coefficient (Wildman–Crippen LogP) is 3.05. The molecule has 0 aromatic carbocycles. The second-order valence-electron chi connectivity index (χ2n) is 4.44. The van der Waals surface area contributed by atoms with Gasteiger partial charge in [0.15, 0.2) is 0 Å². The van der Waals surface area contributed by atoms with Crippen molar-refractivity contribution >= 4 is 15.7 Å². The zero-order chi connectivity index (χ0) is 11.5. The van der Waals surface area contributed by atoms with Crippen LogP contribution in [0.1, 0.15) is 59.3 Å². The van der Waals surface area contributed by atoms with E-state index in [4.69, 9.17) is 4.43 Å². The van der Waals surface area contributed by atoms with Gasteiger partial charge in [-0.2, -0.15) is 0 Å². The summed E-state index contributed by atoms with van der Waals surface area (Å²) < 4.78 is 5.23. The smallest absolute Gasteiger partial charge is 0.294 e. The van der Waals surface area contributed by atoms with Gasteiger partial charge in [-0.25, -0.2) is 0 Å². The van der Waals surface area contributed by atoms with Crippen molar-refractivity contribution in [1.82, 2.24) is 0 Å². The molecule has 0 aromatic heterocycles. The van der Waals surface area contributed by atoms with Crippen molar-refractivity contribution < 1.29 is 9.22 Å². The molecule has 0 amide bonds. The average Bonchev–Trinajstić information content (AvgIpc) is 2.21. The van der Waals surface area contributed by atoms with Crippen LogP contribution < -0.4 is 0 Å². The van der Waals surface area contributed by atoms with Crippen LogP contribution in [0, 0.1) is 5.92 Å². The van der Waals surface area contributed by atoms with Gasteiger partial charge in [0, 0.05) is 5.92 Å². The molecule has 0 saturated carbocycles. The Balaban J connectivity index is 3.08. The van der Waals surface area contributed by atoms with Crippen molar-refractivity contribution in [2.45, 2.75) is 65.3 Å². The maximum absolute atomic E-state index is 11.1. The van der Waals surface area contributed by atoms with Crippen LogP contribution in [0.15, 0.2) is 0 Å². The second-order valence-corrected chi connectivity index (χ2v) is 5.85. The Hall–Kier alpha value is -0.313. The second kappa shape index (κ2) is 10.2. The summed E-state index contributed by atoms with van der Waals surface area (Å²) in [5.74, 6) is 0.0368. The summed E-state index contributed by atoms with van der Waals surface area (Å²) in [6.45, 7) is 6.02. The van der Waals surface area contributed by atoms with E-state index >= 15 is 0 Å².